The van der Waals surface area contributed by atoms with Gasteiger partial charge in [0.05, 0.1) is 0 Å². The second-order valence-electron chi connectivity index (χ2n) is 3.17. The molecule has 0 heterocycles. The van der Waals surface area contributed by atoms with E-state index in [2.05, 4.69) is 4.74 Å². The van der Waals surface area contributed by atoms with Crippen molar-refractivity contribution < 1.29 is 27.8 Å². The lowest BCUT2D eigenvalue weighted by Gasteiger charge is -2.08. The van der Waals surface area contributed by atoms with E-state index in [9.17, 15) is 18.0 Å². The Bertz CT molecular complexity index is 456. The van der Waals surface area contributed by atoms with Crippen molar-refractivity contribution in [1.29, 1.82) is 0 Å². The number of ether oxygens (including phenoxy) is 1. The molecule has 0 aliphatic carbocycles. The summed E-state index contributed by atoms with van der Waals surface area (Å²) in [5.41, 5.74) is 0.326. The van der Waals surface area contributed by atoms with Crippen LogP contribution in [0, 0.1) is 12.7 Å². The van der Waals surface area contributed by atoms with Crippen molar-refractivity contribution >= 4 is 12.0 Å². The van der Waals surface area contributed by atoms with Crippen molar-refractivity contribution in [2.45, 2.75) is 13.5 Å². The number of aliphatic carboxylic acids is 1. The van der Waals surface area contributed by atoms with Gasteiger partial charge in [-0.25, -0.2) is 9.18 Å². The Morgan fingerprint density at radius 1 is 1.47 bits per heavy atom. The number of halogens is 3. The van der Waals surface area contributed by atoms with E-state index in [0.717, 1.165) is 24.3 Å². The van der Waals surface area contributed by atoms with Gasteiger partial charge in [0.15, 0.2) is 0 Å². The molecule has 1 N–H and O–H groups in total. The lowest BCUT2D eigenvalue weighted by atomic mass is 10.1. The molecule has 0 bridgehead atoms. The van der Waals surface area contributed by atoms with E-state index < -0.39 is 18.4 Å². The average Bonchev–Trinajstić information content (AvgIpc) is 2.20. The summed E-state index contributed by atoms with van der Waals surface area (Å²) in [5.74, 6) is -2.31. The summed E-state index contributed by atoms with van der Waals surface area (Å²) in [7, 11) is 0. The number of hydrogen-bond donors (Lipinski definition) is 1. The molecule has 0 saturated heterocycles. The van der Waals surface area contributed by atoms with Gasteiger partial charge in [-0.2, -0.15) is 8.78 Å². The molecule has 0 aliphatic heterocycles. The molecule has 0 saturated carbocycles. The first-order chi connectivity index (χ1) is 7.90. The summed E-state index contributed by atoms with van der Waals surface area (Å²) < 4.78 is 41.2. The van der Waals surface area contributed by atoms with Crippen molar-refractivity contribution in [3.63, 3.8) is 0 Å². The van der Waals surface area contributed by atoms with E-state index >= 15 is 0 Å². The highest BCUT2D eigenvalue weighted by atomic mass is 19.3. The van der Waals surface area contributed by atoms with Crippen LogP contribution in [0.1, 0.15) is 11.1 Å². The third-order valence-electron chi connectivity index (χ3n) is 1.99. The van der Waals surface area contributed by atoms with Crippen LogP contribution in [0.4, 0.5) is 13.2 Å². The number of hydrogen-bond acceptors (Lipinski definition) is 2. The molecule has 0 unspecified atom stereocenters. The molecule has 0 aromatic heterocycles. The number of carbonyl (C=O) groups is 1. The largest absolute Gasteiger partial charge is 0.478 e. The molecule has 0 fully saturated rings. The first-order valence-electron chi connectivity index (χ1n) is 4.56. The predicted octanol–water partition coefficient (Wildman–Crippen LogP) is 2.83. The highest BCUT2D eigenvalue weighted by molar-refractivity contribution is 5.85. The van der Waals surface area contributed by atoms with Crippen LogP contribution in [0.25, 0.3) is 6.08 Å². The molecular formula is C11H9F3O3. The van der Waals surface area contributed by atoms with Gasteiger partial charge in [-0.1, -0.05) is 0 Å². The quantitative estimate of drug-likeness (QED) is 0.831. The van der Waals surface area contributed by atoms with Crippen LogP contribution in [0.2, 0.25) is 0 Å². The zero-order valence-electron chi connectivity index (χ0n) is 8.78. The molecule has 17 heavy (non-hydrogen) atoms. The summed E-state index contributed by atoms with van der Waals surface area (Å²) in [6, 6.07) is 1.96. The standard InChI is InChI=1S/C11H9F3O3/c1-6-7(2-3-10(15)16)4-8(5-9(6)12)17-11(13)14/h2-5,11H,1H3,(H,15,16)/b3-2+. The topological polar surface area (TPSA) is 46.5 Å². The van der Waals surface area contributed by atoms with E-state index in [1.54, 1.807) is 0 Å². The van der Waals surface area contributed by atoms with Crippen LogP contribution in [0.15, 0.2) is 18.2 Å². The van der Waals surface area contributed by atoms with Crippen LogP contribution in [-0.2, 0) is 4.79 Å². The molecule has 1 aromatic rings. The van der Waals surface area contributed by atoms with Crippen LogP contribution >= 0.6 is 0 Å². The predicted molar refractivity (Wildman–Crippen MR) is 54.4 cm³/mol. The van der Waals surface area contributed by atoms with E-state index in [0.29, 0.717) is 0 Å². The lowest BCUT2D eigenvalue weighted by Crippen LogP contribution is -2.03. The number of rotatable bonds is 4. The number of carboxylic acid groups (broad SMARTS) is 1. The van der Waals surface area contributed by atoms with Gasteiger partial charge in [-0.15, -0.1) is 0 Å². The Balaban J connectivity index is 3.10. The highest BCUT2D eigenvalue weighted by Gasteiger charge is 2.10. The Hall–Kier alpha value is -1.98. The molecule has 6 heteroatoms. The van der Waals surface area contributed by atoms with Gasteiger partial charge in [-0.3, -0.25) is 0 Å². The number of carboxylic acids is 1. The number of benzene rings is 1. The van der Waals surface area contributed by atoms with E-state index in [1.165, 1.54) is 6.92 Å². The zero-order chi connectivity index (χ0) is 13.0. The SMILES string of the molecule is Cc1c(F)cc(OC(F)F)cc1/C=C/C(=O)O. The molecule has 92 valence electrons. The van der Waals surface area contributed by atoms with E-state index in [4.69, 9.17) is 5.11 Å². The Morgan fingerprint density at radius 2 is 2.12 bits per heavy atom. The van der Waals surface area contributed by atoms with Crippen molar-refractivity contribution in [3.8, 4) is 5.75 Å². The molecular weight excluding hydrogens is 237 g/mol. The molecule has 3 nitrogen and oxygen atoms in total. The van der Waals surface area contributed by atoms with Crippen molar-refractivity contribution in [2.75, 3.05) is 0 Å². The molecule has 1 rings (SSSR count). The van der Waals surface area contributed by atoms with Gasteiger partial charge >= 0.3 is 12.6 Å². The fraction of sp³-hybridized carbons (Fsp3) is 0.182. The molecule has 0 radical (unpaired) electrons. The first-order valence-corrected chi connectivity index (χ1v) is 4.56. The Morgan fingerprint density at radius 3 is 2.65 bits per heavy atom. The minimum atomic E-state index is -3.06. The number of alkyl halides is 2. The van der Waals surface area contributed by atoms with Gasteiger partial charge in [0.2, 0.25) is 0 Å². The van der Waals surface area contributed by atoms with Crippen LogP contribution in [0.5, 0.6) is 5.75 Å². The van der Waals surface area contributed by atoms with Crippen molar-refractivity contribution in [3.05, 3.63) is 35.2 Å². The van der Waals surface area contributed by atoms with Crippen LogP contribution in [-0.4, -0.2) is 17.7 Å². The van der Waals surface area contributed by atoms with E-state index in [-0.39, 0.29) is 16.9 Å². The molecule has 0 aliphatic rings. The second kappa shape index (κ2) is 5.38. The van der Waals surface area contributed by atoms with E-state index in [1.807, 2.05) is 0 Å². The maximum absolute atomic E-state index is 13.3. The maximum Gasteiger partial charge on any atom is 0.387 e. The summed E-state index contributed by atoms with van der Waals surface area (Å²) >= 11 is 0. The van der Waals surface area contributed by atoms with Crippen molar-refractivity contribution in [1.82, 2.24) is 0 Å². The Labute approximate surface area is 95.1 Å². The zero-order valence-corrected chi connectivity index (χ0v) is 8.78. The van der Waals surface area contributed by atoms with Gasteiger partial charge < -0.3 is 9.84 Å². The summed E-state index contributed by atoms with van der Waals surface area (Å²) in [6.07, 6.45) is 1.90. The third kappa shape index (κ3) is 3.82. The van der Waals surface area contributed by atoms with Gasteiger partial charge in [0.1, 0.15) is 11.6 Å². The third-order valence-corrected chi connectivity index (χ3v) is 1.99. The molecule has 0 amide bonds. The summed E-state index contributed by atoms with van der Waals surface area (Å²) in [5, 5.41) is 8.42. The first kappa shape index (κ1) is 13.1. The molecule has 1 aromatic carbocycles. The van der Waals surface area contributed by atoms with Gasteiger partial charge in [-0.05, 0) is 30.2 Å². The normalized spacial score (nSPS) is 11.1. The average molecular weight is 246 g/mol. The Kier molecular flexibility index (Phi) is 4.14. The molecule has 0 atom stereocenters. The minimum absolute atomic E-state index is 0.157. The highest BCUT2D eigenvalue weighted by Crippen LogP contribution is 2.23. The van der Waals surface area contributed by atoms with Gasteiger partial charge in [0, 0.05) is 12.1 Å². The smallest absolute Gasteiger partial charge is 0.387 e. The van der Waals surface area contributed by atoms with Crippen LogP contribution in [0.3, 0.4) is 0 Å². The summed E-state index contributed by atoms with van der Waals surface area (Å²) in [6.45, 7) is -1.66. The van der Waals surface area contributed by atoms with Crippen LogP contribution < -0.4 is 4.74 Å². The van der Waals surface area contributed by atoms with Crippen molar-refractivity contribution in [2.24, 2.45) is 0 Å². The maximum atomic E-state index is 13.3. The summed E-state index contributed by atoms with van der Waals surface area (Å²) in [4.78, 5) is 10.3. The second-order valence-corrected chi connectivity index (χ2v) is 3.17. The lowest BCUT2D eigenvalue weighted by molar-refractivity contribution is -0.131. The van der Waals surface area contributed by atoms with Gasteiger partial charge in [0.25, 0.3) is 0 Å². The minimum Gasteiger partial charge on any atom is -0.478 e. The monoisotopic (exact) mass is 246 g/mol. The fourth-order valence-electron chi connectivity index (χ4n) is 1.18. The fourth-order valence-corrected chi connectivity index (χ4v) is 1.18. The molecule has 0 spiro atoms.